The van der Waals surface area contributed by atoms with E-state index in [0.29, 0.717) is 32.1 Å². The molecule has 0 spiro atoms. The van der Waals surface area contributed by atoms with E-state index < -0.39 is 29.7 Å². The number of aromatic nitrogens is 3. The van der Waals surface area contributed by atoms with Gasteiger partial charge < -0.3 is 23.7 Å². The molecule has 0 radical (unpaired) electrons. The molecule has 306 valence electrons. The van der Waals surface area contributed by atoms with E-state index in [9.17, 15) is 19.2 Å². The molecule has 5 aliphatic rings. The first-order chi connectivity index (χ1) is 29.3. The fourth-order valence-electron chi connectivity index (χ4n) is 9.08. The molecule has 10 rings (SSSR count). The van der Waals surface area contributed by atoms with Gasteiger partial charge in [0.1, 0.15) is 18.8 Å². The van der Waals surface area contributed by atoms with Gasteiger partial charge in [0.15, 0.2) is 0 Å². The van der Waals surface area contributed by atoms with Crippen LogP contribution in [0.2, 0.25) is 0 Å². The summed E-state index contributed by atoms with van der Waals surface area (Å²) in [6.45, 7) is 4.24. The number of piperidine rings is 2. The van der Waals surface area contributed by atoms with Crippen LogP contribution in [0.3, 0.4) is 0 Å². The van der Waals surface area contributed by atoms with Gasteiger partial charge in [0, 0.05) is 98.1 Å². The molecule has 0 bridgehead atoms. The monoisotopic (exact) mass is 807 g/mol. The Kier molecular flexibility index (Phi) is 10.0. The number of aryl methyl sites for hydroxylation is 1. The first kappa shape index (κ1) is 38.1. The van der Waals surface area contributed by atoms with Gasteiger partial charge in [0.25, 0.3) is 11.8 Å². The van der Waals surface area contributed by atoms with E-state index in [1.165, 1.54) is 5.39 Å². The number of carbonyl (C=O) groups is 4. The average Bonchev–Trinajstić information content (AvgIpc) is 3.65. The van der Waals surface area contributed by atoms with Crippen molar-refractivity contribution >= 4 is 51.1 Å². The van der Waals surface area contributed by atoms with Crippen LogP contribution >= 0.6 is 0 Å². The molecule has 14 heteroatoms. The normalized spacial score (nSPS) is 23.3. The van der Waals surface area contributed by atoms with Crippen LogP contribution < -0.4 is 15.0 Å². The summed E-state index contributed by atoms with van der Waals surface area (Å²) in [5.74, 6) is 5.09. The SMILES string of the molecule is Cn1c2ccncc2c2ccc(-c3ccc(O[C@H]4C[C@H](OCC#CCN5CCCC(OC6CN(c7ccc8c(c7)C(=O)N(C7CCC(=O)NC7=O)C8=O)C6)C5)C4)nc3)cc21. The number of imide groups is 2. The number of nitrogens with one attached hydrogen (secondary N) is 1. The van der Waals surface area contributed by atoms with Gasteiger partial charge in [-0.2, -0.15) is 0 Å². The molecule has 4 fully saturated rings. The van der Waals surface area contributed by atoms with Gasteiger partial charge in [-0.1, -0.05) is 24.0 Å². The van der Waals surface area contributed by atoms with Gasteiger partial charge in [-0.25, -0.2) is 4.98 Å². The van der Waals surface area contributed by atoms with Crippen LogP contribution in [-0.4, -0.2) is 118 Å². The van der Waals surface area contributed by atoms with Gasteiger partial charge in [-0.15, -0.1) is 0 Å². The number of rotatable bonds is 10. The van der Waals surface area contributed by atoms with Crippen molar-refractivity contribution in [1.82, 2.24) is 29.7 Å². The van der Waals surface area contributed by atoms with E-state index in [2.05, 4.69) is 72.8 Å². The Hall–Kier alpha value is -6.14. The van der Waals surface area contributed by atoms with Crippen molar-refractivity contribution in [3.05, 3.63) is 84.3 Å². The zero-order valence-electron chi connectivity index (χ0n) is 33.3. The highest BCUT2D eigenvalue weighted by Crippen LogP contribution is 2.35. The fourth-order valence-corrected chi connectivity index (χ4v) is 9.08. The van der Waals surface area contributed by atoms with E-state index >= 15 is 0 Å². The molecule has 2 aromatic carbocycles. The number of nitrogens with zero attached hydrogens (tertiary/aromatic N) is 6. The Bertz CT molecular complexity index is 2580. The molecular weight excluding hydrogens is 763 g/mol. The largest absolute Gasteiger partial charge is 0.474 e. The number of hydrogen-bond donors (Lipinski definition) is 1. The highest BCUT2D eigenvalue weighted by molar-refractivity contribution is 6.23. The second-order valence-corrected chi connectivity index (χ2v) is 16.4. The molecule has 14 nitrogen and oxygen atoms in total. The zero-order valence-corrected chi connectivity index (χ0v) is 33.3. The van der Waals surface area contributed by atoms with Crippen molar-refractivity contribution in [2.75, 3.05) is 44.2 Å². The lowest BCUT2D eigenvalue weighted by Gasteiger charge is -2.43. The summed E-state index contributed by atoms with van der Waals surface area (Å²) >= 11 is 0. The molecule has 4 amide bonds. The van der Waals surface area contributed by atoms with Crippen LogP contribution in [0.15, 0.2) is 73.2 Å². The van der Waals surface area contributed by atoms with Crippen molar-refractivity contribution in [3.63, 3.8) is 0 Å². The van der Waals surface area contributed by atoms with Crippen LogP contribution in [0.1, 0.15) is 59.2 Å². The summed E-state index contributed by atoms with van der Waals surface area (Å²) in [6.07, 6.45) is 9.92. The van der Waals surface area contributed by atoms with E-state index in [4.69, 9.17) is 14.2 Å². The maximum atomic E-state index is 13.3. The number of anilines is 1. The lowest BCUT2D eigenvalue weighted by molar-refractivity contribution is -0.136. The quantitative estimate of drug-likeness (QED) is 0.157. The van der Waals surface area contributed by atoms with Crippen molar-refractivity contribution in [1.29, 1.82) is 0 Å². The fraction of sp³-hybridized carbons (Fsp3) is 0.391. The predicted molar refractivity (Wildman–Crippen MR) is 222 cm³/mol. The van der Waals surface area contributed by atoms with Crippen molar-refractivity contribution in [2.45, 2.75) is 69.0 Å². The van der Waals surface area contributed by atoms with E-state index in [-0.39, 0.29) is 48.4 Å². The summed E-state index contributed by atoms with van der Waals surface area (Å²) in [6, 6.07) is 16.8. The average molecular weight is 808 g/mol. The molecule has 3 aromatic heterocycles. The van der Waals surface area contributed by atoms with Crippen LogP contribution in [-0.2, 0) is 26.1 Å². The Labute approximate surface area is 346 Å². The number of hydrogen-bond acceptors (Lipinski definition) is 11. The van der Waals surface area contributed by atoms with E-state index in [1.807, 2.05) is 36.8 Å². The summed E-state index contributed by atoms with van der Waals surface area (Å²) in [5, 5.41) is 4.57. The van der Waals surface area contributed by atoms with Crippen molar-refractivity contribution < 1.29 is 33.4 Å². The number of likely N-dealkylation sites (tertiary alicyclic amines) is 1. The third kappa shape index (κ3) is 7.27. The minimum atomic E-state index is -0.977. The minimum absolute atomic E-state index is 0.0699. The highest BCUT2D eigenvalue weighted by Gasteiger charge is 2.45. The van der Waals surface area contributed by atoms with Gasteiger partial charge in [0.05, 0.1) is 41.5 Å². The molecule has 1 saturated carbocycles. The second-order valence-electron chi connectivity index (χ2n) is 16.4. The smallest absolute Gasteiger partial charge is 0.262 e. The lowest BCUT2D eigenvalue weighted by atomic mass is 9.92. The topological polar surface area (TPSA) is 148 Å². The molecule has 60 heavy (non-hydrogen) atoms. The van der Waals surface area contributed by atoms with Gasteiger partial charge >= 0.3 is 0 Å². The Balaban J connectivity index is 0.630. The molecule has 4 aliphatic heterocycles. The molecule has 2 unspecified atom stereocenters. The zero-order chi connectivity index (χ0) is 40.9. The number of pyridine rings is 2. The summed E-state index contributed by atoms with van der Waals surface area (Å²) in [5.41, 5.74) is 5.86. The van der Waals surface area contributed by atoms with E-state index in [0.717, 1.165) is 76.9 Å². The predicted octanol–water partition coefficient (Wildman–Crippen LogP) is 4.49. The molecule has 3 saturated heterocycles. The van der Waals surface area contributed by atoms with Crippen LogP contribution in [0.25, 0.3) is 32.9 Å². The number of carbonyl (C=O) groups excluding carboxylic acids is 4. The van der Waals surface area contributed by atoms with Crippen LogP contribution in [0.4, 0.5) is 5.69 Å². The van der Waals surface area contributed by atoms with Crippen LogP contribution in [0, 0.1) is 11.8 Å². The molecule has 1 aliphatic carbocycles. The third-order valence-corrected chi connectivity index (χ3v) is 12.5. The molecule has 1 N–H and O–H groups in total. The number of benzene rings is 2. The molecule has 5 aromatic rings. The third-order valence-electron chi connectivity index (χ3n) is 12.5. The molecule has 2 atom stereocenters. The lowest BCUT2D eigenvalue weighted by Crippen LogP contribution is -2.55. The minimum Gasteiger partial charge on any atom is -0.474 e. The Morgan fingerprint density at radius 1 is 0.800 bits per heavy atom. The Morgan fingerprint density at radius 3 is 2.48 bits per heavy atom. The highest BCUT2D eigenvalue weighted by atomic mass is 16.5. The molecule has 7 heterocycles. The standard InChI is InChI=1S/C46H45N7O7/c1-50-39-14-15-47-24-38(39)35-9-6-28(19-41(35)50)29-7-13-43(48-23-29)60-33-21-32(22-33)58-18-3-2-16-51-17-4-5-31(25-51)59-34-26-52(27-34)30-8-10-36-37(20-30)46(57)53(45(36)56)40-11-12-42(54)49-44(40)55/h6-10,13-15,19-20,23-24,31-34,40H,4-5,11-12,16-18,21-22,25-27H2,1H3,(H,49,54,55)/t31?,32-,33-,40?. The maximum Gasteiger partial charge on any atom is 0.262 e. The summed E-state index contributed by atoms with van der Waals surface area (Å²) in [7, 11) is 2.08. The summed E-state index contributed by atoms with van der Waals surface area (Å²) < 4.78 is 20.8. The number of amides is 4. The van der Waals surface area contributed by atoms with Gasteiger partial charge in [0.2, 0.25) is 17.7 Å². The summed E-state index contributed by atoms with van der Waals surface area (Å²) in [4.78, 5) is 64.7. The van der Waals surface area contributed by atoms with Crippen LogP contribution in [0.5, 0.6) is 5.88 Å². The number of ether oxygens (including phenoxy) is 3. The van der Waals surface area contributed by atoms with Crippen molar-refractivity contribution in [2.24, 2.45) is 7.05 Å². The first-order valence-electron chi connectivity index (χ1n) is 20.8. The van der Waals surface area contributed by atoms with Gasteiger partial charge in [-0.05, 0) is 67.8 Å². The first-order valence-corrected chi connectivity index (χ1v) is 20.8. The maximum absolute atomic E-state index is 13.3. The molecular formula is C46H45N7O7. The van der Waals surface area contributed by atoms with Gasteiger partial charge in [-0.3, -0.25) is 39.3 Å². The second kappa shape index (κ2) is 15.8. The van der Waals surface area contributed by atoms with E-state index in [1.54, 1.807) is 12.1 Å². The number of fused-ring (bicyclic) bond motifs is 4. The van der Waals surface area contributed by atoms with Crippen molar-refractivity contribution in [3.8, 4) is 28.8 Å². The Morgan fingerprint density at radius 2 is 1.65 bits per heavy atom.